The van der Waals surface area contributed by atoms with Gasteiger partial charge < -0.3 is 10.0 Å². The molecule has 2 rings (SSSR count). The fourth-order valence-electron chi connectivity index (χ4n) is 2.09. The van der Waals surface area contributed by atoms with Gasteiger partial charge in [0, 0.05) is 30.2 Å². The van der Waals surface area contributed by atoms with Gasteiger partial charge in [-0.2, -0.15) is 0 Å². The molecule has 0 spiro atoms. The van der Waals surface area contributed by atoms with E-state index < -0.39 is 5.97 Å². The molecule has 1 unspecified atom stereocenters. The van der Waals surface area contributed by atoms with Crippen LogP contribution in [0.2, 0.25) is 0 Å². The summed E-state index contributed by atoms with van der Waals surface area (Å²) >= 11 is 1.83. The molecule has 1 aromatic rings. The number of nitrogens with zero attached hydrogens (tertiary/aromatic N) is 1. The highest BCUT2D eigenvalue weighted by molar-refractivity contribution is 7.99. The summed E-state index contributed by atoms with van der Waals surface area (Å²) in [6.45, 7) is 2.08. The lowest BCUT2D eigenvalue weighted by Gasteiger charge is -2.35. The van der Waals surface area contributed by atoms with Crippen molar-refractivity contribution >= 4 is 23.4 Å². The average molecular weight is 251 g/mol. The Morgan fingerprint density at radius 2 is 2.35 bits per heavy atom. The van der Waals surface area contributed by atoms with Gasteiger partial charge in [0.05, 0.1) is 5.69 Å². The molecule has 92 valence electrons. The van der Waals surface area contributed by atoms with E-state index in [4.69, 9.17) is 5.11 Å². The standard InChI is InChI=1S/C13H17NO2S/c1-9-3-5-12-11(7-9)14(2)10(8-17-12)4-6-13(15)16/h3,5,7,10H,4,6,8H2,1-2H3,(H,15,16). The van der Waals surface area contributed by atoms with Crippen LogP contribution in [0.1, 0.15) is 18.4 Å². The van der Waals surface area contributed by atoms with Crippen molar-refractivity contribution in [2.75, 3.05) is 17.7 Å². The topological polar surface area (TPSA) is 40.5 Å². The molecular weight excluding hydrogens is 234 g/mol. The third kappa shape index (κ3) is 2.75. The number of hydrogen-bond donors (Lipinski definition) is 1. The first kappa shape index (κ1) is 12.3. The van der Waals surface area contributed by atoms with E-state index in [1.807, 2.05) is 11.8 Å². The number of aryl methyl sites for hydroxylation is 1. The van der Waals surface area contributed by atoms with Gasteiger partial charge in [-0.15, -0.1) is 11.8 Å². The third-order valence-electron chi connectivity index (χ3n) is 3.16. The first-order valence-corrected chi connectivity index (χ1v) is 6.74. The van der Waals surface area contributed by atoms with Gasteiger partial charge in [0.25, 0.3) is 0 Å². The molecule has 0 aromatic heterocycles. The van der Waals surface area contributed by atoms with E-state index in [1.54, 1.807) is 0 Å². The third-order valence-corrected chi connectivity index (χ3v) is 4.37. The summed E-state index contributed by atoms with van der Waals surface area (Å²) in [6.07, 6.45) is 0.961. The number of benzene rings is 1. The van der Waals surface area contributed by atoms with Crippen LogP contribution in [-0.2, 0) is 4.79 Å². The molecule has 4 heteroatoms. The van der Waals surface area contributed by atoms with Crippen molar-refractivity contribution < 1.29 is 9.90 Å². The summed E-state index contributed by atoms with van der Waals surface area (Å²) in [7, 11) is 2.06. The molecule has 1 aliphatic heterocycles. The first-order valence-electron chi connectivity index (χ1n) is 5.76. The van der Waals surface area contributed by atoms with Gasteiger partial charge in [-0.1, -0.05) is 6.07 Å². The highest BCUT2D eigenvalue weighted by Gasteiger charge is 2.24. The van der Waals surface area contributed by atoms with Gasteiger partial charge in [0.2, 0.25) is 0 Å². The molecule has 0 bridgehead atoms. The second-order valence-corrected chi connectivity index (χ2v) is 5.54. The second-order valence-electron chi connectivity index (χ2n) is 4.48. The zero-order valence-electron chi connectivity index (χ0n) is 10.1. The lowest BCUT2D eigenvalue weighted by atomic mass is 10.1. The Hall–Kier alpha value is -1.16. The van der Waals surface area contributed by atoms with Gasteiger partial charge in [-0.3, -0.25) is 4.79 Å². The van der Waals surface area contributed by atoms with Crippen LogP contribution in [-0.4, -0.2) is 29.9 Å². The SMILES string of the molecule is Cc1ccc2c(c1)N(C)C(CCC(=O)O)CS2. The van der Waals surface area contributed by atoms with Crippen molar-refractivity contribution in [2.24, 2.45) is 0 Å². The summed E-state index contributed by atoms with van der Waals surface area (Å²) in [6, 6.07) is 6.77. The van der Waals surface area contributed by atoms with E-state index in [0.29, 0.717) is 12.5 Å². The Morgan fingerprint density at radius 1 is 1.59 bits per heavy atom. The van der Waals surface area contributed by atoms with Gasteiger partial charge >= 0.3 is 5.97 Å². The van der Waals surface area contributed by atoms with E-state index in [1.165, 1.54) is 16.1 Å². The molecule has 0 saturated heterocycles. The summed E-state index contributed by atoms with van der Waals surface area (Å²) in [5, 5.41) is 8.74. The first-order chi connectivity index (χ1) is 8.08. The minimum absolute atomic E-state index is 0.247. The average Bonchev–Trinajstić information content (AvgIpc) is 2.29. The number of hydrogen-bond acceptors (Lipinski definition) is 3. The Labute approximate surface area is 106 Å². The number of rotatable bonds is 3. The minimum Gasteiger partial charge on any atom is -0.481 e. The Bertz CT molecular complexity index is 433. The number of carbonyl (C=O) groups is 1. The van der Waals surface area contributed by atoms with E-state index in [2.05, 4.69) is 37.1 Å². The number of thioether (sulfide) groups is 1. The van der Waals surface area contributed by atoms with Crippen LogP contribution in [0.5, 0.6) is 0 Å². The van der Waals surface area contributed by atoms with Crippen molar-refractivity contribution in [3.63, 3.8) is 0 Å². The van der Waals surface area contributed by atoms with Crippen LogP contribution in [0.4, 0.5) is 5.69 Å². The minimum atomic E-state index is -0.710. The summed E-state index contributed by atoms with van der Waals surface area (Å²) < 4.78 is 0. The molecule has 1 heterocycles. The normalized spacial score (nSPS) is 18.9. The lowest BCUT2D eigenvalue weighted by molar-refractivity contribution is -0.137. The van der Waals surface area contributed by atoms with Gasteiger partial charge in [0.15, 0.2) is 0 Å². The molecule has 0 fully saturated rings. The molecule has 1 aromatic carbocycles. The summed E-state index contributed by atoms with van der Waals surface area (Å²) in [4.78, 5) is 14.1. The molecule has 1 aliphatic rings. The van der Waals surface area contributed by atoms with Crippen LogP contribution in [0.25, 0.3) is 0 Å². The van der Waals surface area contributed by atoms with Crippen LogP contribution in [0.3, 0.4) is 0 Å². The lowest BCUT2D eigenvalue weighted by Crippen LogP contribution is -2.37. The maximum Gasteiger partial charge on any atom is 0.303 e. The monoisotopic (exact) mass is 251 g/mol. The zero-order valence-corrected chi connectivity index (χ0v) is 11.0. The Balaban J connectivity index is 2.14. The van der Waals surface area contributed by atoms with Crippen LogP contribution >= 0.6 is 11.8 Å². The van der Waals surface area contributed by atoms with E-state index in [-0.39, 0.29) is 6.42 Å². The summed E-state index contributed by atoms with van der Waals surface area (Å²) in [5.74, 6) is 0.262. The number of aliphatic carboxylic acids is 1. The molecule has 0 aliphatic carbocycles. The molecule has 3 nitrogen and oxygen atoms in total. The number of carboxylic acids is 1. The number of anilines is 1. The molecular formula is C13H17NO2S. The van der Waals surface area contributed by atoms with Crippen LogP contribution in [0, 0.1) is 6.92 Å². The van der Waals surface area contributed by atoms with Gasteiger partial charge in [0.1, 0.15) is 0 Å². The van der Waals surface area contributed by atoms with Gasteiger partial charge in [-0.05, 0) is 31.0 Å². The van der Waals surface area contributed by atoms with Crippen molar-refractivity contribution in [3.05, 3.63) is 23.8 Å². The smallest absolute Gasteiger partial charge is 0.303 e. The second kappa shape index (κ2) is 5.00. The molecule has 0 saturated carbocycles. The van der Waals surface area contributed by atoms with Crippen LogP contribution < -0.4 is 4.90 Å². The van der Waals surface area contributed by atoms with E-state index in [9.17, 15) is 4.79 Å². The largest absolute Gasteiger partial charge is 0.481 e. The fourth-order valence-corrected chi connectivity index (χ4v) is 3.36. The van der Waals surface area contributed by atoms with E-state index >= 15 is 0 Å². The molecule has 0 radical (unpaired) electrons. The van der Waals surface area contributed by atoms with Crippen LogP contribution in [0.15, 0.2) is 23.1 Å². The van der Waals surface area contributed by atoms with Crippen molar-refractivity contribution in [1.82, 2.24) is 0 Å². The summed E-state index contributed by atoms with van der Waals surface area (Å²) in [5.41, 5.74) is 2.48. The highest BCUT2D eigenvalue weighted by Crippen LogP contribution is 2.38. The molecule has 0 amide bonds. The van der Waals surface area contributed by atoms with Crippen molar-refractivity contribution in [3.8, 4) is 0 Å². The molecule has 1 atom stereocenters. The number of carboxylic acid groups (broad SMARTS) is 1. The zero-order chi connectivity index (χ0) is 12.4. The van der Waals surface area contributed by atoms with Gasteiger partial charge in [-0.25, -0.2) is 0 Å². The van der Waals surface area contributed by atoms with Crippen molar-refractivity contribution in [1.29, 1.82) is 0 Å². The maximum absolute atomic E-state index is 10.6. The molecule has 1 N–H and O–H groups in total. The number of fused-ring (bicyclic) bond motifs is 1. The van der Waals surface area contributed by atoms with Crippen molar-refractivity contribution in [2.45, 2.75) is 30.7 Å². The van der Waals surface area contributed by atoms with E-state index in [0.717, 1.165) is 5.75 Å². The Kier molecular flexibility index (Phi) is 3.62. The highest BCUT2D eigenvalue weighted by atomic mass is 32.2. The quantitative estimate of drug-likeness (QED) is 0.896. The Morgan fingerprint density at radius 3 is 3.06 bits per heavy atom. The predicted octanol–water partition coefficient (Wildman–Crippen LogP) is 2.77. The maximum atomic E-state index is 10.6. The fraction of sp³-hybridized carbons (Fsp3) is 0.462. The molecule has 17 heavy (non-hydrogen) atoms. The predicted molar refractivity (Wildman–Crippen MR) is 71.0 cm³/mol.